The summed E-state index contributed by atoms with van der Waals surface area (Å²) in [5.74, 6) is 3.92. The smallest absolute Gasteiger partial charge is 0.0753 e. The Morgan fingerprint density at radius 1 is 1.44 bits per heavy atom. The molecule has 0 aromatic rings. The highest BCUT2D eigenvalue weighted by molar-refractivity contribution is 5.29. The molecule has 4 aliphatic rings. The zero-order chi connectivity index (χ0) is 11.7. The number of hydrogen-bond donors (Lipinski definition) is 1. The first-order chi connectivity index (χ1) is 7.47. The van der Waals surface area contributed by atoms with E-state index < -0.39 is 0 Å². The highest BCUT2D eigenvalue weighted by Crippen LogP contribution is 2.72. The maximum Gasteiger partial charge on any atom is 0.0753 e. The molecule has 4 bridgehead atoms. The predicted molar refractivity (Wildman–Crippen MR) is 65.9 cm³/mol. The Bertz CT molecular complexity index is 332. The maximum absolute atomic E-state index is 9.97. The predicted octanol–water partition coefficient (Wildman–Crippen LogP) is 3.24. The maximum atomic E-state index is 9.97. The van der Waals surface area contributed by atoms with Gasteiger partial charge in [0.15, 0.2) is 0 Å². The van der Waals surface area contributed by atoms with Gasteiger partial charge in [-0.25, -0.2) is 0 Å². The van der Waals surface area contributed by atoms with E-state index in [1.165, 1.54) is 12.8 Å². The van der Waals surface area contributed by atoms with E-state index in [0.29, 0.717) is 11.3 Å². The Labute approximate surface area is 98.9 Å². The normalized spacial score (nSPS) is 55.1. The molecule has 0 saturated heterocycles. The number of aliphatic hydroxyl groups is 1. The Balaban J connectivity index is 1.93. The average Bonchev–Trinajstić information content (AvgIpc) is 2.22. The average molecular weight is 220 g/mol. The van der Waals surface area contributed by atoms with Crippen LogP contribution in [0.25, 0.3) is 0 Å². The molecule has 90 valence electrons. The van der Waals surface area contributed by atoms with E-state index in [1.54, 1.807) is 0 Å². The van der Waals surface area contributed by atoms with Crippen LogP contribution in [0.15, 0.2) is 12.2 Å². The quantitative estimate of drug-likeness (QED) is 0.673. The van der Waals surface area contributed by atoms with Crippen molar-refractivity contribution in [3.63, 3.8) is 0 Å². The SMILES string of the molecule is C=C1[C@H](O)CC2C3[C@H](C(C)C)CC[C@]2(C)[C@@H]13. The van der Waals surface area contributed by atoms with Gasteiger partial charge in [0, 0.05) is 0 Å². The molecule has 0 amide bonds. The highest BCUT2D eigenvalue weighted by atomic mass is 16.3. The Hall–Kier alpha value is -0.300. The fourth-order valence-corrected chi connectivity index (χ4v) is 5.25. The molecule has 0 aliphatic heterocycles. The van der Waals surface area contributed by atoms with Crippen LogP contribution in [0.3, 0.4) is 0 Å². The Kier molecular flexibility index (Phi) is 2.12. The number of aliphatic hydroxyl groups excluding tert-OH is 1. The summed E-state index contributed by atoms with van der Waals surface area (Å²) in [7, 11) is 0. The largest absolute Gasteiger partial charge is 0.389 e. The molecule has 1 N–H and O–H groups in total. The van der Waals surface area contributed by atoms with Gasteiger partial charge >= 0.3 is 0 Å². The van der Waals surface area contributed by atoms with Gasteiger partial charge in [0.05, 0.1) is 6.10 Å². The lowest BCUT2D eigenvalue weighted by Gasteiger charge is -2.71. The Morgan fingerprint density at radius 2 is 2.12 bits per heavy atom. The van der Waals surface area contributed by atoms with Gasteiger partial charge in [-0.3, -0.25) is 0 Å². The third-order valence-corrected chi connectivity index (χ3v) is 6.08. The van der Waals surface area contributed by atoms with E-state index in [0.717, 1.165) is 35.7 Å². The molecule has 6 atom stereocenters. The van der Waals surface area contributed by atoms with Crippen LogP contribution in [0, 0.1) is 35.0 Å². The second-order valence-electron chi connectivity index (χ2n) is 6.94. The summed E-state index contributed by atoms with van der Waals surface area (Å²) < 4.78 is 0. The van der Waals surface area contributed by atoms with E-state index >= 15 is 0 Å². The van der Waals surface area contributed by atoms with E-state index in [2.05, 4.69) is 27.4 Å². The molecule has 1 nitrogen and oxygen atoms in total. The molecule has 0 spiro atoms. The fraction of sp³-hybridized carbons (Fsp3) is 0.867. The number of rotatable bonds is 1. The monoisotopic (exact) mass is 220 g/mol. The van der Waals surface area contributed by atoms with E-state index in [9.17, 15) is 5.11 Å². The second kappa shape index (κ2) is 3.13. The molecule has 0 aromatic heterocycles. The van der Waals surface area contributed by atoms with Crippen molar-refractivity contribution < 1.29 is 5.11 Å². The van der Waals surface area contributed by atoms with Crippen molar-refractivity contribution in [2.75, 3.05) is 0 Å². The van der Waals surface area contributed by atoms with Gasteiger partial charge in [0.2, 0.25) is 0 Å². The number of fused-ring (bicyclic) bond motifs is 2. The van der Waals surface area contributed by atoms with Crippen molar-refractivity contribution in [3.8, 4) is 0 Å². The van der Waals surface area contributed by atoms with Crippen molar-refractivity contribution in [2.24, 2.45) is 35.0 Å². The first-order valence-corrected chi connectivity index (χ1v) is 6.83. The van der Waals surface area contributed by atoms with Gasteiger partial charge in [-0.1, -0.05) is 27.4 Å². The van der Waals surface area contributed by atoms with Crippen molar-refractivity contribution in [2.45, 2.75) is 46.1 Å². The van der Waals surface area contributed by atoms with Gasteiger partial charge in [0.1, 0.15) is 0 Å². The van der Waals surface area contributed by atoms with E-state index in [-0.39, 0.29) is 6.10 Å². The summed E-state index contributed by atoms with van der Waals surface area (Å²) in [5.41, 5.74) is 1.65. The molecule has 4 saturated carbocycles. The summed E-state index contributed by atoms with van der Waals surface area (Å²) in [5, 5.41) is 9.97. The molecular formula is C15H24O. The van der Waals surface area contributed by atoms with Crippen molar-refractivity contribution in [3.05, 3.63) is 12.2 Å². The summed E-state index contributed by atoms with van der Waals surface area (Å²) in [6.45, 7) is 11.3. The van der Waals surface area contributed by atoms with E-state index in [4.69, 9.17) is 0 Å². The molecule has 2 unspecified atom stereocenters. The molecule has 4 fully saturated rings. The molecule has 0 heterocycles. The lowest BCUT2D eigenvalue weighted by atomic mass is 9.33. The van der Waals surface area contributed by atoms with Gasteiger partial charge in [-0.15, -0.1) is 0 Å². The lowest BCUT2D eigenvalue weighted by Crippen LogP contribution is -2.67. The van der Waals surface area contributed by atoms with Crippen molar-refractivity contribution >= 4 is 0 Å². The van der Waals surface area contributed by atoms with Crippen molar-refractivity contribution in [1.29, 1.82) is 0 Å². The molecule has 4 rings (SSSR count). The minimum atomic E-state index is -0.203. The zero-order valence-corrected chi connectivity index (χ0v) is 10.7. The number of hydrogen-bond acceptors (Lipinski definition) is 1. The van der Waals surface area contributed by atoms with Crippen LogP contribution in [-0.2, 0) is 0 Å². The first-order valence-electron chi connectivity index (χ1n) is 6.83. The third-order valence-electron chi connectivity index (χ3n) is 6.08. The zero-order valence-electron chi connectivity index (χ0n) is 10.7. The van der Waals surface area contributed by atoms with Crippen LogP contribution in [0.5, 0.6) is 0 Å². The van der Waals surface area contributed by atoms with Crippen LogP contribution >= 0.6 is 0 Å². The lowest BCUT2D eigenvalue weighted by molar-refractivity contribution is -0.211. The molecule has 4 aliphatic carbocycles. The minimum absolute atomic E-state index is 0.203. The third kappa shape index (κ3) is 1.06. The standard InChI is InChI=1S/C15H24O/c1-8(2)10-5-6-15(4)11-7-12(16)9(3)14(15)13(10)11/h8,10-14,16H,3,5-7H2,1-2,4H3/t10-,11?,12+,13?,14-,15-/m0/s1. The van der Waals surface area contributed by atoms with Gasteiger partial charge in [-0.05, 0) is 59.8 Å². The van der Waals surface area contributed by atoms with Crippen molar-refractivity contribution in [1.82, 2.24) is 0 Å². The van der Waals surface area contributed by atoms with Crippen LogP contribution in [0.2, 0.25) is 0 Å². The van der Waals surface area contributed by atoms with E-state index in [1.807, 2.05) is 0 Å². The van der Waals surface area contributed by atoms with Gasteiger partial charge < -0.3 is 5.11 Å². The minimum Gasteiger partial charge on any atom is -0.389 e. The van der Waals surface area contributed by atoms with Crippen LogP contribution in [0.1, 0.15) is 40.0 Å². The van der Waals surface area contributed by atoms with Gasteiger partial charge in [-0.2, -0.15) is 0 Å². The summed E-state index contributed by atoms with van der Waals surface area (Å²) in [4.78, 5) is 0. The highest BCUT2D eigenvalue weighted by Gasteiger charge is 2.67. The van der Waals surface area contributed by atoms with Gasteiger partial charge in [0.25, 0.3) is 0 Å². The Morgan fingerprint density at radius 3 is 2.69 bits per heavy atom. The first kappa shape index (κ1) is 10.8. The summed E-state index contributed by atoms with van der Waals surface area (Å²) in [6.07, 6.45) is 3.53. The van der Waals surface area contributed by atoms with Crippen LogP contribution in [-0.4, -0.2) is 11.2 Å². The molecule has 1 heteroatoms. The van der Waals surface area contributed by atoms with Crippen LogP contribution < -0.4 is 0 Å². The molecule has 16 heavy (non-hydrogen) atoms. The second-order valence-corrected chi connectivity index (χ2v) is 6.94. The summed E-state index contributed by atoms with van der Waals surface area (Å²) >= 11 is 0. The van der Waals surface area contributed by atoms with Crippen LogP contribution in [0.4, 0.5) is 0 Å². The topological polar surface area (TPSA) is 20.2 Å². The molecule has 0 aromatic carbocycles. The molecular weight excluding hydrogens is 196 g/mol. The molecule has 0 radical (unpaired) electrons. The fourth-order valence-electron chi connectivity index (χ4n) is 5.25. The summed E-state index contributed by atoms with van der Waals surface area (Å²) in [6, 6.07) is 0.